The van der Waals surface area contributed by atoms with E-state index in [1.165, 1.54) is 16.7 Å². The number of aryl methyl sites for hydroxylation is 2. The summed E-state index contributed by atoms with van der Waals surface area (Å²) in [5, 5.41) is 0. The van der Waals surface area contributed by atoms with Crippen LogP contribution in [0.2, 0.25) is 0 Å². The van der Waals surface area contributed by atoms with E-state index in [4.69, 9.17) is 4.42 Å². The molecule has 0 aliphatic heterocycles. The van der Waals surface area contributed by atoms with E-state index in [1.807, 2.05) is 6.07 Å². The summed E-state index contributed by atoms with van der Waals surface area (Å²) >= 11 is 0. The molecule has 2 nitrogen and oxygen atoms in total. The molecular weight excluding hydrogens is 246 g/mol. The first-order valence-electron chi connectivity index (χ1n) is 7.02. The van der Waals surface area contributed by atoms with Crippen LogP contribution in [0.4, 0.5) is 0 Å². The molecule has 2 heteroatoms. The topological polar surface area (TPSA) is 26.0 Å². The monoisotopic (exact) mass is 265 g/mol. The summed E-state index contributed by atoms with van der Waals surface area (Å²) in [6.07, 6.45) is 0. The molecule has 0 atom stereocenters. The Morgan fingerprint density at radius 1 is 0.950 bits per heavy atom. The molecule has 2 aromatic carbocycles. The average Bonchev–Trinajstić information content (AvgIpc) is 2.80. The van der Waals surface area contributed by atoms with Crippen molar-refractivity contribution in [1.82, 2.24) is 4.98 Å². The third-order valence-electron chi connectivity index (χ3n) is 3.55. The number of hydrogen-bond acceptors (Lipinski definition) is 2. The first kappa shape index (κ1) is 12.9. The van der Waals surface area contributed by atoms with Crippen LogP contribution >= 0.6 is 0 Å². The maximum atomic E-state index is 5.89. The molecule has 102 valence electrons. The number of benzene rings is 2. The Balaban J connectivity index is 2.12. The number of aromatic nitrogens is 1. The van der Waals surface area contributed by atoms with Gasteiger partial charge in [0.2, 0.25) is 5.89 Å². The van der Waals surface area contributed by atoms with Crippen LogP contribution in [-0.4, -0.2) is 4.98 Å². The lowest BCUT2D eigenvalue weighted by molar-refractivity contribution is 0.619. The second-order valence-corrected chi connectivity index (χ2v) is 5.78. The van der Waals surface area contributed by atoms with Crippen molar-refractivity contribution >= 4 is 11.1 Å². The van der Waals surface area contributed by atoms with E-state index in [0.29, 0.717) is 11.8 Å². The lowest BCUT2D eigenvalue weighted by atomic mass is 10.0. The summed E-state index contributed by atoms with van der Waals surface area (Å²) in [6.45, 7) is 8.56. The first-order valence-corrected chi connectivity index (χ1v) is 7.02. The van der Waals surface area contributed by atoms with Crippen molar-refractivity contribution in [2.24, 2.45) is 0 Å². The zero-order valence-electron chi connectivity index (χ0n) is 12.4. The van der Waals surface area contributed by atoms with E-state index in [9.17, 15) is 0 Å². The lowest BCUT2D eigenvalue weighted by Crippen LogP contribution is -1.85. The van der Waals surface area contributed by atoms with E-state index < -0.39 is 0 Å². The highest BCUT2D eigenvalue weighted by atomic mass is 16.3. The SMILES string of the molecule is Cc1cc(C)cc(-c2nc3cc(C(C)C)ccc3o2)c1. The molecule has 0 spiro atoms. The zero-order chi connectivity index (χ0) is 14.3. The van der Waals surface area contributed by atoms with Gasteiger partial charge in [0.05, 0.1) is 0 Å². The zero-order valence-corrected chi connectivity index (χ0v) is 12.4. The fourth-order valence-corrected chi connectivity index (χ4v) is 2.53. The molecule has 0 N–H and O–H groups in total. The summed E-state index contributed by atoms with van der Waals surface area (Å²) in [6, 6.07) is 12.6. The molecule has 0 bridgehead atoms. The van der Waals surface area contributed by atoms with E-state index in [2.05, 4.69) is 63.0 Å². The quantitative estimate of drug-likeness (QED) is 0.633. The Hall–Kier alpha value is -2.09. The highest BCUT2D eigenvalue weighted by Crippen LogP contribution is 2.27. The molecule has 1 heterocycles. The lowest BCUT2D eigenvalue weighted by Gasteiger charge is -2.02. The minimum absolute atomic E-state index is 0.501. The smallest absolute Gasteiger partial charge is 0.227 e. The molecule has 0 fully saturated rings. The molecule has 0 unspecified atom stereocenters. The molecule has 20 heavy (non-hydrogen) atoms. The van der Waals surface area contributed by atoms with Gasteiger partial charge in [-0.1, -0.05) is 37.1 Å². The predicted molar refractivity (Wildman–Crippen MR) is 83.0 cm³/mol. The molecule has 1 aromatic heterocycles. The van der Waals surface area contributed by atoms with Crippen LogP contribution in [0.25, 0.3) is 22.6 Å². The second kappa shape index (κ2) is 4.78. The molecule has 0 aliphatic carbocycles. The number of hydrogen-bond donors (Lipinski definition) is 0. The largest absolute Gasteiger partial charge is 0.436 e. The van der Waals surface area contributed by atoms with Gasteiger partial charge in [-0.15, -0.1) is 0 Å². The summed E-state index contributed by atoms with van der Waals surface area (Å²) in [5.74, 6) is 1.20. The van der Waals surface area contributed by atoms with Gasteiger partial charge in [-0.05, 0) is 49.6 Å². The average molecular weight is 265 g/mol. The maximum Gasteiger partial charge on any atom is 0.227 e. The maximum absolute atomic E-state index is 5.89. The molecular formula is C18H19NO. The van der Waals surface area contributed by atoms with Gasteiger partial charge < -0.3 is 4.42 Å². The van der Waals surface area contributed by atoms with Gasteiger partial charge in [0.1, 0.15) is 5.52 Å². The molecule has 3 rings (SSSR count). The third-order valence-corrected chi connectivity index (χ3v) is 3.55. The van der Waals surface area contributed by atoms with E-state index in [0.717, 1.165) is 16.7 Å². The Kier molecular flexibility index (Phi) is 3.09. The van der Waals surface area contributed by atoms with Gasteiger partial charge in [-0.2, -0.15) is 0 Å². The van der Waals surface area contributed by atoms with Crippen LogP contribution in [0.5, 0.6) is 0 Å². The van der Waals surface area contributed by atoms with Gasteiger partial charge in [-0.3, -0.25) is 0 Å². The standard InChI is InChI=1S/C18H19NO/c1-11(2)14-5-6-17-16(10-14)19-18(20-17)15-8-12(3)7-13(4)9-15/h5-11H,1-4H3. The number of oxazole rings is 1. The van der Waals surface area contributed by atoms with Crippen LogP contribution < -0.4 is 0 Å². The summed E-state index contributed by atoms with van der Waals surface area (Å²) in [7, 11) is 0. The highest BCUT2D eigenvalue weighted by molar-refractivity contribution is 5.77. The van der Waals surface area contributed by atoms with Gasteiger partial charge in [-0.25, -0.2) is 4.98 Å². The second-order valence-electron chi connectivity index (χ2n) is 5.78. The minimum Gasteiger partial charge on any atom is -0.436 e. The molecule has 0 saturated heterocycles. The van der Waals surface area contributed by atoms with Crippen molar-refractivity contribution < 1.29 is 4.42 Å². The summed E-state index contributed by atoms with van der Waals surface area (Å²) < 4.78 is 5.89. The van der Waals surface area contributed by atoms with Crippen molar-refractivity contribution in [1.29, 1.82) is 0 Å². The Morgan fingerprint density at radius 2 is 1.65 bits per heavy atom. The van der Waals surface area contributed by atoms with Crippen molar-refractivity contribution in [3.8, 4) is 11.5 Å². The Labute approximate surface area is 119 Å². The van der Waals surface area contributed by atoms with Crippen molar-refractivity contribution in [3.05, 3.63) is 53.1 Å². The molecule has 3 aromatic rings. The third kappa shape index (κ3) is 2.34. The van der Waals surface area contributed by atoms with Crippen LogP contribution in [0, 0.1) is 13.8 Å². The molecule has 0 amide bonds. The van der Waals surface area contributed by atoms with Crippen molar-refractivity contribution in [2.75, 3.05) is 0 Å². The summed E-state index contributed by atoms with van der Waals surface area (Å²) in [4.78, 5) is 4.64. The van der Waals surface area contributed by atoms with Crippen LogP contribution in [0.3, 0.4) is 0 Å². The van der Waals surface area contributed by atoms with E-state index in [-0.39, 0.29) is 0 Å². The molecule has 0 aliphatic rings. The number of rotatable bonds is 2. The first-order chi connectivity index (χ1) is 9.52. The fraction of sp³-hybridized carbons (Fsp3) is 0.278. The van der Waals surface area contributed by atoms with Crippen molar-refractivity contribution in [3.63, 3.8) is 0 Å². The summed E-state index contributed by atoms with van der Waals surface area (Å²) in [5.41, 5.74) is 6.58. The van der Waals surface area contributed by atoms with Crippen LogP contribution in [0.1, 0.15) is 36.5 Å². The van der Waals surface area contributed by atoms with Crippen molar-refractivity contribution in [2.45, 2.75) is 33.6 Å². The van der Waals surface area contributed by atoms with Gasteiger partial charge >= 0.3 is 0 Å². The van der Waals surface area contributed by atoms with Gasteiger partial charge in [0, 0.05) is 5.56 Å². The van der Waals surface area contributed by atoms with Gasteiger partial charge in [0.15, 0.2) is 5.58 Å². The number of fused-ring (bicyclic) bond motifs is 1. The van der Waals surface area contributed by atoms with Crippen LogP contribution in [-0.2, 0) is 0 Å². The molecule has 0 radical (unpaired) electrons. The Morgan fingerprint density at radius 3 is 2.30 bits per heavy atom. The fourth-order valence-electron chi connectivity index (χ4n) is 2.53. The number of nitrogens with zero attached hydrogens (tertiary/aromatic N) is 1. The van der Waals surface area contributed by atoms with Gasteiger partial charge in [0.25, 0.3) is 0 Å². The van der Waals surface area contributed by atoms with E-state index >= 15 is 0 Å². The molecule has 0 saturated carbocycles. The van der Waals surface area contributed by atoms with E-state index in [1.54, 1.807) is 0 Å². The highest BCUT2D eigenvalue weighted by Gasteiger charge is 2.10. The normalized spacial score (nSPS) is 11.4. The van der Waals surface area contributed by atoms with Crippen LogP contribution in [0.15, 0.2) is 40.8 Å². The Bertz CT molecular complexity index is 748. The predicted octanol–water partition coefficient (Wildman–Crippen LogP) is 5.24. The minimum atomic E-state index is 0.501.